The molecule has 3 rings (SSSR count). The van der Waals surface area contributed by atoms with E-state index in [-0.39, 0.29) is 18.9 Å². The third kappa shape index (κ3) is 4.45. The average molecular weight is 421 g/mol. The number of hydrogen-bond acceptors (Lipinski definition) is 3. The zero-order valence-electron chi connectivity index (χ0n) is 15.0. The van der Waals surface area contributed by atoms with Gasteiger partial charge in [0.1, 0.15) is 0 Å². The van der Waals surface area contributed by atoms with Crippen LogP contribution in [0.1, 0.15) is 49.7 Å². The molecule has 0 atom stereocenters. The lowest BCUT2D eigenvalue weighted by Gasteiger charge is -2.34. The number of amides is 1. The second kappa shape index (κ2) is 7.14. The van der Waals surface area contributed by atoms with E-state index in [4.69, 9.17) is 0 Å². The number of ketones is 2. The first-order valence-corrected chi connectivity index (χ1v) is 8.97. The van der Waals surface area contributed by atoms with E-state index in [1.165, 1.54) is 0 Å². The van der Waals surface area contributed by atoms with E-state index in [0.29, 0.717) is 25.0 Å². The molecule has 4 nitrogen and oxygen atoms in total. The van der Waals surface area contributed by atoms with Crippen LogP contribution in [-0.4, -0.2) is 17.5 Å². The van der Waals surface area contributed by atoms with Crippen molar-refractivity contribution in [3.63, 3.8) is 0 Å². The zero-order chi connectivity index (χ0) is 21.6. The standard InChI is InChI=1S/C19H17F6NO3/c20-18(21,22)10-5-11(19(23,24)25)7-12(6-10)26-16(29)15-13(27)8-17(9-14(15)28)3-1-2-4-17/h5-7,15H,1-4,8-9H2,(H,26,29). The molecule has 1 N–H and O–H groups in total. The summed E-state index contributed by atoms with van der Waals surface area (Å²) in [4.78, 5) is 37.2. The SMILES string of the molecule is O=C1CC2(CCCC2)CC(=O)C1C(=O)Nc1cc(C(F)(F)F)cc(C(F)(F)F)c1. The monoisotopic (exact) mass is 421 g/mol. The maximum absolute atomic E-state index is 12.9. The Balaban J connectivity index is 1.85. The van der Waals surface area contributed by atoms with Crippen molar-refractivity contribution in [3.05, 3.63) is 29.3 Å². The number of carbonyl (C=O) groups is 3. The molecule has 2 aliphatic rings. The van der Waals surface area contributed by atoms with Gasteiger partial charge in [0.15, 0.2) is 17.5 Å². The first-order chi connectivity index (χ1) is 13.3. The molecule has 1 aromatic rings. The minimum atomic E-state index is -5.08. The second-order valence-corrected chi connectivity index (χ2v) is 7.71. The van der Waals surface area contributed by atoms with Crippen molar-refractivity contribution in [1.82, 2.24) is 0 Å². The maximum atomic E-state index is 12.9. The van der Waals surface area contributed by atoms with Gasteiger partial charge in [-0.25, -0.2) is 0 Å². The molecule has 0 aromatic heterocycles. The van der Waals surface area contributed by atoms with Crippen molar-refractivity contribution in [2.75, 3.05) is 5.32 Å². The van der Waals surface area contributed by atoms with E-state index in [1.54, 1.807) is 0 Å². The van der Waals surface area contributed by atoms with Crippen LogP contribution in [0.5, 0.6) is 0 Å². The molecule has 2 aliphatic carbocycles. The Labute approximate surface area is 161 Å². The smallest absolute Gasteiger partial charge is 0.325 e. The fraction of sp³-hybridized carbons (Fsp3) is 0.526. The molecular formula is C19H17F6NO3. The molecular weight excluding hydrogens is 404 g/mol. The van der Waals surface area contributed by atoms with Gasteiger partial charge in [-0.2, -0.15) is 26.3 Å². The minimum absolute atomic E-state index is 0.00716. The summed E-state index contributed by atoms with van der Waals surface area (Å²) < 4.78 is 77.6. The average Bonchev–Trinajstić information content (AvgIpc) is 2.99. The highest BCUT2D eigenvalue weighted by atomic mass is 19.4. The number of nitrogens with one attached hydrogen (secondary N) is 1. The maximum Gasteiger partial charge on any atom is 0.416 e. The van der Waals surface area contributed by atoms with Gasteiger partial charge in [-0.15, -0.1) is 0 Å². The lowest BCUT2D eigenvalue weighted by molar-refractivity contribution is -0.146. The van der Waals surface area contributed by atoms with Crippen LogP contribution in [0.25, 0.3) is 0 Å². The highest BCUT2D eigenvalue weighted by Gasteiger charge is 2.49. The predicted molar refractivity (Wildman–Crippen MR) is 88.7 cm³/mol. The number of anilines is 1. The molecule has 2 saturated carbocycles. The fourth-order valence-electron chi connectivity index (χ4n) is 4.20. The molecule has 1 aromatic carbocycles. The van der Waals surface area contributed by atoms with Crippen molar-refractivity contribution in [2.45, 2.75) is 50.9 Å². The molecule has 1 amide bonds. The summed E-state index contributed by atoms with van der Waals surface area (Å²) in [6.07, 6.45) is -7.05. The quantitative estimate of drug-likeness (QED) is 0.553. The normalized spacial score (nSPS) is 20.3. The number of Topliss-reactive ketones (excluding diaryl/α,β-unsaturated/α-hetero) is 2. The largest absolute Gasteiger partial charge is 0.416 e. The summed E-state index contributed by atoms with van der Waals surface area (Å²) in [5, 5.41) is 1.90. The Morgan fingerprint density at radius 1 is 0.862 bits per heavy atom. The van der Waals surface area contributed by atoms with Crippen LogP contribution < -0.4 is 5.32 Å². The van der Waals surface area contributed by atoms with Crippen LogP contribution in [0.4, 0.5) is 32.0 Å². The number of hydrogen-bond donors (Lipinski definition) is 1. The summed E-state index contributed by atoms with van der Waals surface area (Å²) in [7, 11) is 0. The third-order valence-corrected chi connectivity index (χ3v) is 5.52. The third-order valence-electron chi connectivity index (χ3n) is 5.52. The Morgan fingerprint density at radius 2 is 1.31 bits per heavy atom. The Bertz CT molecular complexity index is 800. The Hall–Kier alpha value is -2.39. The summed E-state index contributed by atoms with van der Waals surface area (Å²) in [5.74, 6) is -4.22. The van der Waals surface area contributed by atoms with Gasteiger partial charge in [0.25, 0.3) is 0 Å². The van der Waals surface area contributed by atoms with Crippen LogP contribution in [0, 0.1) is 11.3 Å². The summed E-state index contributed by atoms with van der Waals surface area (Å²) in [6, 6.07) is 0.600. The number of alkyl halides is 6. The molecule has 0 saturated heterocycles. The van der Waals surface area contributed by atoms with Crippen molar-refractivity contribution in [3.8, 4) is 0 Å². The van der Waals surface area contributed by atoms with Gasteiger partial charge in [-0.1, -0.05) is 12.8 Å². The van der Waals surface area contributed by atoms with Crippen LogP contribution in [-0.2, 0) is 26.7 Å². The van der Waals surface area contributed by atoms with Crippen LogP contribution in [0.3, 0.4) is 0 Å². The molecule has 1 spiro atoms. The summed E-state index contributed by atoms with van der Waals surface area (Å²) in [5.41, 5.74) is -4.45. The van der Waals surface area contributed by atoms with E-state index in [2.05, 4.69) is 0 Å². The van der Waals surface area contributed by atoms with E-state index in [0.717, 1.165) is 12.8 Å². The van der Waals surface area contributed by atoms with Gasteiger partial charge in [-0.3, -0.25) is 14.4 Å². The molecule has 29 heavy (non-hydrogen) atoms. The van der Waals surface area contributed by atoms with Crippen molar-refractivity contribution in [2.24, 2.45) is 11.3 Å². The Kier molecular flexibility index (Phi) is 5.25. The van der Waals surface area contributed by atoms with Crippen LogP contribution >= 0.6 is 0 Å². The highest BCUT2D eigenvalue weighted by molar-refractivity contribution is 6.23. The van der Waals surface area contributed by atoms with Crippen molar-refractivity contribution < 1.29 is 40.7 Å². The van der Waals surface area contributed by atoms with E-state index in [1.807, 2.05) is 5.32 Å². The molecule has 2 fully saturated rings. The second-order valence-electron chi connectivity index (χ2n) is 7.71. The molecule has 0 unspecified atom stereocenters. The lowest BCUT2D eigenvalue weighted by atomic mass is 9.68. The number of carbonyl (C=O) groups excluding carboxylic acids is 3. The summed E-state index contributed by atoms with van der Waals surface area (Å²) >= 11 is 0. The van der Waals surface area contributed by atoms with Gasteiger partial charge >= 0.3 is 12.4 Å². The molecule has 0 radical (unpaired) electrons. The fourth-order valence-corrected chi connectivity index (χ4v) is 4.20. The lowest BCUT2D eigenvalue weighted by Crippen LogP contribution is -2.45. The van der Waals surface area contributed by atoms with Gasteiger partial charge < -0.3 is 5.32 Å². The van der Waals surface area contributed by atoms with E-state index >= 15 is 0 Å². The predicted octanol–water partition coefficient (Wildman–Crippen LogP) is 4.77. The molecule has 10 heteroatoms. The van der Waals surface area contributed by atoms with Gasteiger partial charge in [0.2, 0.25) is 5.91 Å². The molecule has 0 heterocycles. The summed E-state index contributed by atoms with van der Waals surface area (Å²) in [6.45, 7) is 0. The van der Waals surface area contributed by atoms with Gasteiger partial charge in [-0.05, 0) is 36.5 Å². The number of halogens is 6. The first-order valence-electron chi connectivity index (χ1n) is 8.97. The minimum Gasteiger partial charge on any atom is -0.325 e. The van der Waals surface area contributed by atoms with Crippen LogP contribution in [0.2, 0.25) is 0 Å². The number of benzene rings is 1. The van der Waals surface area contributed by atoms with E-state index in [9.17, 15) is 40.7 Å². The zero-order valence-corrected chi connectivity index (χ0v) is 15.0. The van der Waals surface area contributed by atoms with Gasteiger partial charge in [0.05, 0.1) is 11.1 Å². The van der Waals surface area contributed by atoms with Crippen LogP contribution in [0.15, 0.2) is 18.2 Å². The number of rotatable bonds is 2. The molecule has 0 aliphatic heterocycles. The molecule has 158 valence electrons. The van der Waals surface area contributed by atoms with Gasteiger partial charge in [0, 0.05) is 18.5 Å². The first kappa shape index (κ1) is 21.3. The highest BCUT2D eigenvalue weighted by Crippen LogP contribution is 2.48. The van der Waals surface area contributed by atoms with Crippen molar-refractivity contribution >= 4 is 23.2 Å². The molecule has 0 bridgehead atoms. The topological polar surface area (TPSA) is 63.2 Å². The van der Waals surface area contributed by atoms with E-state index < -0.39 is 58.0 Å². The Morgan fingerprint density at radius 3 is 1.72 bits per heavy atom. The van der Waals surface area contributed by atoms with Crippen molar-refractivity contribution in [1.29, 1.82) is 0 Å².